The van der Waals surface area contributed by atoms with E-state index < -0.39 is 21.6 Å². The van der Waals surface area contributed by atoms with Crippen molar-refractivity contribution < 1.29 is 22.4 Å². The molecule has 2 radical (unpaired) electrons. The third-order valence-electron chi connectivity index (χ3n) is 9.31. The van der Waals surface area contributed by atoms with E-state index in [1.165, 1.54) is 17.7 Å². The fourth-order valence-electron chi connectivity index (χ4n) is 6.83. The normalized spacial score (nSPS) is 15.9. The molecule has 0 amide bonds. The minimum atomic E-state index is -3.87. The Balaban J connectivity index is 1.32. The molecular formula is C41H41BO5S. The highest BCUT2D eigenvalue weighted by Crippen LogP contribution is 2.56. The number of hydrogen-bond acceptors (Lipinski definition) is 5. The zero-order valence-electron chi connectivity index (χ0n) is 27.8. The summed E-state index contributed by atoms with van der Waals surface area (Å²) in [5, 5.41) is 10.9. The SMILES string of the molecule is [B]c1ccc2c(c1)C(c1ccc(OCCOS(=O)(=O)c3ccc(C)cc3)cc1)(c1ccc(C(O)CCCCC)cc1)c1cc(C)ccc1-2. The lowest BCUT2D eigenvalue weighted by molar-refractivity contribution is 0.163. The molecule has 1 aliphatic rings. The van der Waals surface area contributed by atoms with Crippen LogP contribution in [0.3, 0.4) is 0 Å². The number of aliphatic hydroxyl groups is 1. The lowest BCUT2D eigenvalue weighted by Crippen LogP contribution is -2.29. The molecule has 0 heterocycles. The van der Waals surface area contributed by atoms with Crippen molar-refractivity contribution in [1.29, 1.82) is 0 Å². The summed E-state index contributed by atoms with van der Waals surface area (Å²) in [6.45, 7) is 6.13. The lowest BCUT2D eigenvalue weighted by atomic mass is 9.66. The van der Waals surface area contributed by atoms with Gasteiger partial charge in [0.2, 0.25) is 0 Å². The summed E-state index contributed by atoms with van der Waals surface area (Å²) in [7, 11) is 2.58. The second-order valence-electron chi connectivity index (χ2n) is 12.7. The van der Waals surface area contributed by atoms with Gasteiger partial charge in [0.1, 0.15) is 26.8 Å². The van der Waals surface area contributed by atoms with E-state index in [2.05, 4.69) is 80.6 Å². The van der Waals surface area contributed by atoms with E-state index in [1.54, 1.807) is 12.1 Å². The van der Waals surface area contributed by atoms with Gasteiger partial charge in [-0.3, -0.25) is 4.18 Å². The summed E-state index contributed by atoms with van der Waals surface area (Å²) in [6.07, 6.45) is 3.44. The molecular weight excluding hydrogens is 615 g/mol. The summed E-state index contributed by atoms with van der Waals surface area (Å²) in [5.74, 6) is 0.603. The van der Waals surface area contributed by atoms with Gasteiger partial charge < -0.3 is 9.84 Å². The molecule has 2 atom stereocenters. The highest BCUT2D eigenvalue weighted by molar-refractivity contribution is 7.86. The van der Waals surface area contributed by atoms with Gasteiger partial charge in [-0.25, -0.2) is 0 Å². The van der Waals surface area contributed by atoms with Crippen molar-refractivity contribution in [1.82, 2.24) is 0 Å². The molecule has 5 aromatic rings. The first-order chi connectivity index (χ1) is 23.1. The summed E-state index contributed by atoms with van der Waals surface area (Å²) in [5.41, 5.74) is 9.74. The van der Waals surface area contributed by atoms with Crippen LogP contribution in [-0.2, 0) is 19.7 Å². The molecule has 5 nitrogen and oxygen atoms in total. The summed E-state index contributed by atoms with van der Waals surface area (Å²) < 4.78 is 36.3. The zero-order chi connectivity index (χ0) is 33.9. The van der Waals surface area contributed by atoms with Crippen LogP contribution < -0.4 is 10.2 Å². The molecule has 1 aliphatic carbocycles. The van der Waals surface area contributed by atoms with Gasteiger partial charge in [0.15, 0.2) is 0 Å². The molecule has 0 saturated carbocycles. The molecule has 1 N–H and O–H groups in total. The van der Waals surface area contributed by atoms with Gasteiger partial charge in [-0.2, -0.15) is 8.42 Å². The number of aliphatic hydroxyl groups excluding tert-OH is 1. The van der Waals surface area contributed by atoms with Gasteiger partial charge in [0.05, 0.1) is 16.4 Å². The molecule has 0 bridgehead atoms. The van der Waals surface area contributed by atoms with Gasteiger partial charge in [-0.05, 0) is 83.5 Å². The maximum atomic E-state index is 12.6. The third kappa shape index (κ3) is 6.60. The van der Waals surface area contributed by atoms with Gasteiger partial charge in [-0.15, -0.1) is 0 Å². The Morgan fingerprint density at radius 1 is 0.729 bits per heavy atom. The monoisotopic (exact) mass is 656 g/mol. The van der Waals surface area contributed by atoms with Crippen molar-refractivity contribution >= 4 is 23.4 Å². The molecule has 48 heavy (non-hydrogen) atoms. The van der Waals surface area contributed by atoms with Crippen LogP contribution in [0.5, 0.6) is 5.75 Å². The maximum Gasteiger partial charge on any atom is 0.297 e. The van der Waals surface area contributed by atoms with Crippen molar-refractivity contribution in [3.63, 3.8) is 0 Å². The molecule has 0 spiro atoms. The van der Waals surface area contributed by atoms with E-state index in [-0.39, 0.29) is 18.1 Å². The van der Waals surface area contributed by atoms with E-state index in [0.29, 0.717) is 11.2 Å². The van der Waals surface area contributed by atoms with Crippen LogP contribution in [0.15, 0.2) is 114 Å². The minimum absolute atomic E-state index is 0.0685. The van der Waals surface area contributed by atoms with Crippen LogP contribution in [0.4, 0.5) is 0 Å². The van der Waals surface area contributed by atoms with Crippen LogP contribution in [0.25, 0.3) is 11.1 Å². The van der Waals surface area contributed by atoms with Gasteiger partial charge >= 0.3 is 0 Å². The van der Waals surface area contributed by atoms with Crippen LogP contribution in [0, 0.1) is 13.8 Å². The van der Waals surface area contributed by atoms with Crippen molar-refractivity contribution in [2.45, 2.75) is 62.9 Å². The average molecular weight is 657 g/mol. The first-order valence-electron chi connectivity index (χ1n) is 16.6. The predicted molar refractivity (Wildman–Crippen MR) is 193 cm³/mol. The van der Waals surface area contributed by atoms with E-state index in [4.69, 9.17) is 16.8 Å². The van der Waals surface area contributed by atoms with Gasteiger partial charge in [-0.1, -0.05) is 128 Å². The van der Waals surface area contributed by atoms with Crippen LogP contribution >= 0.6 is 0 Å². The molecule has 0 aromatic heterocycles. The van der Waals surface area contributed by atoms with E-state index in [9.17, 15) is 13.5 Å². The summed E-state index contributed by atoms with van der Waals surface area (Å²) in [4.78, 5) is 0.120. The van der Waals surface area contributed by atoms with Crippen molar-refractivity contribution in [2.24, 2.45) is 0 Å². The molecule has 6 rings (SSSR count). The number of unbranched alkanes of at least 4 members (excludes halogenated alkanes) is 2. The maximum absolute atomic E-state index is 12.6. The number of rotatable bonds is 13. The zero-order valence-corrected chi connectivity index (χ0v) is 28.6. The topological polar surface area (TPSA) is 72.8 Å². The van der Waals surface area contributed by atoms with Crippen molar-refractivity contribution in [3.8, 4) is 16.9 Å². The second-order valence-corrected chi connectivity index (χ2v) is 14.3. The molecule has 0 fully saturated rings. The number of fused-ring (bicyclic) bond motifs is 3. The third-order valence-corrected chi connectivity index (χ3v) is 10.6. The Bertz CT molecular complexity index is 1930. The largest absolute Gasteiger partial charge is 0.491 e. The predicted octanol–water partition coefficient (Wildman–Crippen LogP) is 7.86. The molecule has 7 heteroatoms. The second kappa shape index (κ2) is 14.1. The van der Waals surface area contributed by atoms with E-state index in [1.807, 2.05) is 25.1 Å². The number of hydrogen-bond donors (Lipinski definition) is 1. The van der Waals surface area contributed by atoms with Crippen molar-refractivity contribution in [3.05, 3.63) is 148 Å². The van der Waals surface area contributed by atoms with Gasteiger partial charge in [0, 0.05) is 0 Å². The Hall–Kier alpha value is -4.17. The molecule has 244 valence electrons. The number of ether oxygens (including phenoxy) is 1. The Kier molecular flexibility index (Phi) is 9.93. The fourth-order valence-corrected chi connectivity index (χ4v) is 7.72. The first kappa shape index (κ1) is 33.7. The van der Waals surface area contributed by atoms with E-state index in [0.717, 1.165) is 70.2 Å². The van der Waals surface area contributed by atoms with Crippen LogP contribution in [0.1, 0.15) is 77.7 Å². The first-order valence-corrected chi connectivity index (χ1v) is 18.0. The minimum Gasteiger partial charge on any atom is -0.491 e. The van der Waals surface area contributed by atoms with Gasteiger partial charge in [0.25, 0.3) is 10.1 Å². The van der Waals surface area contributed by atoms with Crippen LogP contribution in [-0.4, -0.2) is 34.6 Å². The van der Waals surface area contributed by atoms with Crippen molar-refractivity contribution in [2.75, 3.05) is 13.2 Å². The smallest absolute Gasteiger partial charge is 0.297 e. The fraction of sp³-hybridized carbons (Fsp3) is 0.268. The highest BCUT2D eigenvalue weighted by Gasteiger charge is 2.46. The summed E-state index contributed by atoms with van der Waals surface area (Å²) >= 11 is 0. The molecule has 0 saturated heterocycles. The Morgan fingerprint density at radius 3 is 2.00 bits per heavy atom. The van der Waals surface area contributed by atoms with E-state index >= 15 is 0 Å². The Labute approximate surface area is 286 Å². The van der Waals surface area contributed by atoms with Crippen LogP contribution in [0.2, 0.25) is 0 Å². The standard InChI is InChI=1S/C41H41BO5S/c1-4-5-6-7-40(43)30-11-13-31(14-12-30)41(38-26-29(3)10-22-36(38)37-23-17-33(42)27-39(37)41)32-15-18-34(19-16-32)46-24-25-47-48(44,45)35-20-8-28(2)9-21-35/h8-23,26-27,40,43H,4-7,24-25H2,1-3H3. The highest BCUT2D eigenvalue weighted by atomic mass is 32.2. The average Bonchev–Trinajstić information content (AvgIpc) is 3.36. The summed E-state index contributed by atoms with van der Waals surface area (Å²) in [6, 6.07) is 35.6. The number of benzene rings is 5. The molecule has 0 aliphatic heterocycles. The lowest BCUT2D eigenvalue weighted by Gasteiger charge is -2.34. The molecule has 5 aromatic carbocycles. The quantitative estimate of drug-likeness (QED) is 0.0779. The molecule has 2 unspecified atom stereocenters. The number of aryl methyl sites for hydroxylation is 2. The Morgan fingerprint density at radius 2 is 1.33 bits per heavy atom.